The molecule has 74 valence electrons. The monoisotopic (exact) mass is 182 g/mol. The maximum absolute atomic E-state index is 11.9. The summed E-state index contributed by atoms with van der Waals surface area (Å²) >= 11 is 0. The fourth-order valence-electron chi connectivity index (χ4n) is 2.12. The maximum Gasteiger partial charge on any atom is 0.240 e. The summed E-state index contributed by atoms with van der Waals surface area (Å²) < 4.78 is 0. The Morgan fingerprint density at radius 1 is 1.31 bits per heavy atom. The standard InChI is InChI=1S/C10H18N2O/c1-11-10(6-2-3-7-10)9(13)12-8-4-5-8/h8,11H,2-7H2,1H3,(H,12,13). The lowest BCUT2D eigenvalue weighted by Gasteiger charge is -2.27. The summed E-state index contributed by atoms with van der Waals surface area (Å²) in [5, 5.41) is 6.28. The van der Waals surface area contributed by atoms with Gasteiger partial charge < -0.3 is 10.6 Å². The summed E-state index contributed by atoms with van der Waals surface area (Å²) in [6, 6.07) is 0.485. The predicted octanol–water partition coefficient (Wildman–Crippen LogP) is 0.797. The lowest BCUT2D eigenvalue weighted by molar-refractivity contribution is -0.127. The summed E-state index contributed by atoms with van der Waals surface area (Å²) in [7, 11) is 1.90. The fraction of sp³-hybridized carbons (Fsp3) is 0.900. The number of hydrogen-bond acceptors (Lipinski definition) is 2. The summed E-state index contributed by atoms with van der Waals surface area (Å²) in [6.45, 7) is 0. The van der Waals surface area contributed by atoms with Crippen molar-refractivity contribution >= 4 is 5.91 Å². The number of rotatable bonds is 3. The highest BCUT2D eigenvalue weighted by atomic mass is 16.2. The molecule has 2 aliphatic rings. The van der Waals surface area contributed by atoms with E-state index < -0.39 is 0 Å². The zero-order chi connectivity index (χ0) is 9.31. The van der Waals surface area contributed by atoms with Crippen LogP contribution in [0.5, 0.6) is 0 Å². The van der Waals surface area contributed by atoms with Crippen molar-refractivity contribution in [1.29, 1.82) is 0 Å². The van der Waals surface area contributed by atoms with Crippen LogP contribution in [-0.2, 0) is 4.79 Å². The molecule has 0 unspecified atom stereocenters. The molecule has 3 nitrogen and oxygen atoms in total. The normalized spacial score (nSPS) is 25.9. The van der Waals surface area contributed by atoms with Crippen LogP contribution in [-0.4, -0.2) is 24.5 Å². The smallest absolute Gasteiger partial charge is 0.240 e. The molecule has 2 fully saturated rings. The van der Waals surface area contributed by atoms with E-state index in [0.717, 1.165) is 12.8 Å². The van der Waals surface area contributed by atoms with Crippen LogP contribution >= 0.6 is 0 Å². The second-order valence-electron chi connectivity index (χ2n) is 4.29. The van der Waals surface area contributed by atoms with Gasteiger partial charge in [-0.3, -0.25) is 4.79 Å². The molecule has 0 aromatic carbocycles. The van der Waals surface area contributed by atoms with Crippen LogP contribution in [0.4, 0.5) is 0 Å². The van der Waals surface area contributed by atoms with Crippen LogP contribution in [0, 0.1) is 0 Å². The third kappa shape index (κ3) is 1.70. The van der Waals surface area contributed by atoms with E-state index in [2.05, 4.69) is 10.6 Å². The lowest BCUT2D eigenvalue weighted by atomic mass is 9.97. The Balaban J connectivity index is 1.96. The molecule has 2 rings (SSSR count). The van der Waals surface area contributed by atoms with E-state index in [4.69, 9.17) is 0 Å². The molecule has 2 aliphatic carbocycles. The van der Waals surface area contributed by atoms with Gasteiger partial charge in [-0.15, -0.1) is 0 Å². The molecular formula is C10H18N2O. The first-order valence-corrected chi connectivity index (χ1v) is 5.27. The average Bonchev–Trinajstić information content (AvgIpc) is 2.83. The highest BCUT2D eigenvalue weighted by molar-refractivity contribution is 5.87. The molecule has 3 heteroatoms. The highest BCUT2D eigenvalue weighted by Crippen LogP contribution is 2.30. The second-order valence-corrected chi connectivity index (χ2v) is 4.29. The highest BCUT2D eigenvalue weighted by Gasteiger charge is 2.41. The number of amides is 1. The zero-order valence-electron chi connectivity index (χ0n) is 8.23. The van der Waals surface area contributed by atoms with Crippen molar-refractivity contribution in [1.82, 2.24) is 10.6 Å². The van der Waals surface area contributed by atoms with Gasteiger partial charge in [0.1, 0.15) is 0 Å². The van der Waals surface area contributed by atoms with Crippen LogP contribution in [0.3, 0.4) is 0 Å². The predicted molar refractivity (Wildman–Crippen MR) is 51.4 cm³/mol. The SMILES string of the molecule is CNC1(C(=O)NC2CC2)CCCC1. The molecule has 0 aromatic heterocycles. The molecule has 0 aromatic rings. The average molecular weight is 182 g/mol. The summed E-state index contributed by atoms with van der Waals surface area (Å²) in [6.07, 6.45) is 6.71. The minimum atomic E-state index is -0.234. The third-order valence-electron chi connectivity index (χ3n) is 3.28. The Bertz CT molecular complexity index is 205. The summed E-state index contributed by atoms with van der Waals surface area (Å²) in [5.41, 5.74) is -0.234. The Morgan fingerprint density at radius 3 is 2.38 bits per heavy atom. The molecule has 0 saturated heterocycles. The molecule has 2 N–H and O–H groups in total. The maximum atomic E-state index is 11.9. The third-order valence-corrected chi connectivity index (χ3v) is 3.28. The van der Waals surface area contributed by atoms with E-state index in [1.807, 2.05) is 7.05 Å². The lowest BCUT2D eigenvalue weighted by Crippen LogP contribution is -2.54. The van der Waals surface area contributed by atoms with E-state index in [1.54, 1.807) is 0 Å². The molecule has 0 spiro atoms. The molecule has 0 atom stereocenters. The minimum absolute atomic E-state index is 0.231. The summed E-state index contributed by atoms with van der Waals surface area (Å²) in [5.74, 6) is 0.231. The van der Waals surface area contributed by atoms with Gasteiger partial charge in [0.25, 0.3) is 0 Å². The van der Waals surface area contributed by atoms with E-state index in [9.17, 15) is 4.79 Å². The Kier molecular flexibility index (Phi) is 2.28. The zero-order valence-corrected chi connectivity index (χ0v) is 8.23. The van der Waals surface area contributed by atoms with Gasteiger partial charge in [0.15, 0.2) is 0 Å². The first-order valence-electron chi connectivity index (χ1n) is 5.27. The number of likely N-dealkylation sites (N-methyl/N-ethyl adjacent to an activating group) is 1. The minimum Gasteiger partial charge on any atom is -0.352 e. The van der Waals surface area contributed by atoms with Gasteiger partial charge in [-0.05, 0) is 32.7 Å². The van der Waals surface area contributed by atoms with Crippen molar-refractivity contribution in [3.8, 4) is 0 Å². The Hall–Kier alpha value is -0.570. The number of carbonyl (C=O) groups is 1. The largest absolute Gasteiger partial charge is 0.352 e. The number of hydrogen-bond donors (Lipinski definition) is 2. The van der Waals surface area contributed by atoms with Crippen molar-refractivity contribution in [3.63, 3.8) is 0 Å². The molecule has 1 amide bonds. The van der Waals surface area contributed by atoms with Crippen LogP contribution in [0.2, 0.25) is 0 Å². The first-order chi connectivity index (χ1) is 6.27. The van der Waals surface area contributed by atoms with Gasteiger partial charge in [-0.25, -0.2) is 0 Å². The molecule has 0 heterocycles. The van der Waals surface area contributed by atoms with Crippen molar-refractivity contribution in [2.24, 2.45) is 0 Å². The topological polar surface area (TPSA) is 41.1 Å². The van der Waals surface area contributed by atoms with Crippen molar-refractivity contribution in [2.75, 3.05) is 7.05 Å². The molecule has 0 aliphatic heterocycles. The number of carbonyl (C=O) groups excluding carboxylic acids is 1. The van der Waals surface area contributed by atoms with Gasteiger partial charge in [0.05, 0.1) is 5.54 Å². The molecule has 0 bridgehead atoms. The summed E-state index contributed by atoms with van der Waals surface area (Å²) in [4.78, 5) is 11.9. The van der Waals surface area contributed by atoms with E-state index in [-0.39, 0.29) is 11.4 Å². The van der Waals surface area contributed by atoms with Gasteiger partial charge >= 0.3 is 0 Å². The molecule has 2 saturated carbocycles. The molecular weight excluding hydrogens is 164 g/mol. The van der Waals surface area contributed by atoms with Gasteiger partial charge in [0, 0.05) is 6.04 Å². The molecule has 0 radical (unpaired) electrons. The number of nitrogens with one attached hydrogen (secondary N) is 2. The Labute approximate surface area is 79.3 Å². The molecule has 13 heavy (non-hydrogen) atoms. The quantitative estimate of drug-likeness (QED) is 0.677. The fourth-order valence-corrected chi connectivity index (χ4v) is 2.12. The van der Waals surface area contributed by atoms with Crippen molar-refractivity contribution < 1.29 is 4.79 Å². The van der Waals surface area contributed by atoms with Crippen LogP contribution < -0.4 is 10.6 Å². The second kappa shape index (κ2) is 3.29. The van der Waals surface area contributed by atoms with E-state index in [1.165, 1.54) is 25.7 Å². The van der Waals surface area contributed by atoms with Crippen molar-refractivity contribution in [3.05, 3.63) is 0 Å². The first kappa shape index (κ1) is 9.00. The van der Waals surface area contributed by atoms with Crippen molar-refractivity contribution in [2.45, 2.75) is 50.1 Å². The van der Waals surface area contributed by atoms with Crippen LogP contribution in [0.1, 0.15) is 38.5 Å². The van der Waals surface area contributed by atoms with Crippen LogP contribution in [0.25, 0.3) is 0 Å². The van der Waals surface area contributed by atoms with E-state index in [0.29, 0.717) is 6.04 Å². The Morgan fingerprint density at radius 2 is 1.92 bits per heavy atom. The van der Waals surface area contributed by atoms with Crippen LogP contribution in [0.15, 0.2) is 0 Å². The van der Waals surface area contributed by atoms with Gasteiger partial charge in [0.2, 0.25) is 5.91 Å². The van der Waals surface area contributed by atoms with Gasteiger partial charge in [-0.2, -0.15) is 0 Å². The van der Waals surface area contributed by atoms with E-state index >= 15 is 0 Å². The van der Waals surface area contributed by atoms with Gasteiger partial charge in [-0.1, -0.05) is 12.8 Å².